The lowest BCUT2D eigenvalue weighted by atomic mass is 10.1. The Morgan fingerprint density at radius 1 is 1.22 bits per heavy atom. The molecular formula is C18H35IN4O3S. The van der Waals surface area contributed by atoms with E-state index in [2.05, 4.69) is 21.9 Å². The highest BCUT2D eigenvalue weighted by Crippen LogP contribution is 2.36. The molecule has 0 aromatic heterocycles. The molecule has 1 spiro atoms. The molecule has 1 atom stereocenters. The number of guanidine groups is 1. The molecule has 1 heterocycles. The molecule has 2 fully saturated rings. The Bertz CT molecular complexity index is 472. The van der Waals surface area contributed by atoms with Gasteiger partial charge in [0.2, 0.25) is 5.91 Å². The number of carbonyl (C=O) groups is 1. The largest absolute Gasteiger partial charge is 0.356 e. The van der Waals surface area contributed by atoms with Gasteiger partial charge in [-0.1, -0.05) is 12.8 Å². The quantitative estimate of drug-likeness (QED) is 0.235. The summed E-state index contributed by atoms with van der Waals surface area (Å²) in [5, 5.41) is 6.58. The number of thioether (sulfide) groups is 1. The van der Waals surface area contributed by atoms with Crippen LogP contribution in [0.4, 0.5) is 0 Å². The first-order chi connectivity index (χ1) is 12.5. The third-order valence-corrected chi connectivity index (χ3v) is 5.36. The number of likely N-dealkylation sites (N-methyl/N-ethyl adjacent to an activating group) is 1. The van der Waals surface area contributed by atoms with Gasteiger partial charge in [-0.05, 0) is 19.1 Å². The Kier molecular flexibility index (Phi) is 12.0. The number of hydrogen-bond acceptors (Lipinski definition) is 5. The summed E-state index contributed by atoms with van der Waals surface area (Å²) in [4.78, 5) is 17.7. The van der Waals surface area contributed by atoms with Gasteiger partial charge in [0.1, 0.15) is 12.6 Å². The average Bonchev–Trinajstić information content (AvgIpc) is 2.87. The summed E-state index contributed by atoms with van der Waals surface area (Å²) in [6, 6.07) is 0. The first-order valence-electron chi connectivity index (χ1n) is 9.58. The molecule has 2 rings (SSSR count). The van der Waals surface area contributed by atoms with E-state index in [1.165, 1.54) is 25.7 Å². The molecule has 9 heteroatoms. The van der Waals surface area contributed by atoms with Crippen LogP contribution in [0.15, 0.2) is 4.99 Å². The van der Waals surface area contributed by atoms with Gasteiger partial charge in [-0.25, -0.2) is 4.99 Å². The molecular weight excluding hydrogens is 479 g/mol. The van der Waals surface area contributed by atoms with Crippen molar-refractivity contribution >= 4 is 47.6 Å². The van der Waals surface area contributed by atoms with E-state index < -0.39 is 0 Å². The molecule has 1 saturated carbocycles. The van der Waals surface area contributed by atoms with Crippen LogP contribution in [0, 0.1) is 0 Å². The fourth-order valence-electron chi connectivity index (χ4n) is 3.19. The van der Waals surface area contributed by atoms with Crippen molar-refractivity contribution in [3.63, 3.8) is 0 Å². The van der Waals surface area contributed by atoms with Crippen molar-refractivity contribution in [2.75, 3.05) is 52.3 Å². The molecule has 0 aromatic rings. The van der Waals surface area contributed by atoms with E-state index in [0.717, 1.165) is 25.1 Å². The van der Waals surface area contributed by atoms with Crippen molar-refractivity contribution in [2.24, 2.45) is 4.99 Å². The van der Waals surface area contributed by atoms with Crippen LogP contribution in [-0.2, 0) is 14.3 Å². The van der Waals surface area contributed by atoms with Crippen molar-refractivity contribution in [2.45, 2.75) is 50.4 Å². The van der Waals surface area contributed by atoms with E-state index in [1.807, 2.05) is 0 Å². The summed E-state index contributed by atoms with van der Waals surface area (Å²) in [6.45, 7) is 2.17. The molecule has 0 aromatic carbocycles. The molecule has 158 valence electrons. The first-order valence-corrected chi connectivity index (χ1v) is 11.0. The minimum absolute atomic E-state index is 0. The van der Waals surface area contributed by atoms with Gasteiger partial charge >= 0.3 is 0 Å². The van der Waals surface area contributed by atoms with Crippen LogP contribution in [-0.4, -0.2) is 81.0 Å². The van der Waals surface area contributed by atoms with Crippen molar-refractivity contribution in [1.29, 1.82) is 0 Å². The highest BCUT2D eigenvalue weighted by Gasteiger charge is 2.41. The van der Waals surface area contributed by atoms with Gasteiger partial charge in [0.05, 0.1) is 6.61 Å². The number of amides is 1. The standard InChI is InChI=1S/C18H34N4O3S.HI/c1-22(2)16(23)13-21-17(19-10-11-26-3)20-12-15-14-24-18(25-15)8-6-4-5-7-9-18;/h15H,4-14H2,1-3H3,(H2,19,20,21);1H. The highest BCUT2D eigenvalue weighted by molar-refractivity contribution is 14.0. The van der Waals surface area contributed by atoms with E-state index in [0.29, 0.717) is 19.1 Å². The predicted molar refractivity (Wildman–Crippen MR) is 122 cm³/mol. The number of rotatable bonds is 7. The van der Waals surface area contributed by atoms with E-state index in [4.69, 9.17) is 9.47 Å². The van der Waals surface area contributed by atoms with Gasteiger partial charge < -0.3 is 25.0 Å². The second kappa shape index (κ2) is 13.1. The summed E-state index contributed by atoms with van der Waals surface area (Å²) in [5.74, 6) is 1.25. The number of aliphatic imine (C=N–C) groups is 1. The second-order valence-corrected chi connectivity index (χ2v) is 8.11. The molecule has 7 nitrogen and oxygen atoms in total. The number of halogens is 1. The maximum atomic E-state index is 11.8. The monoisotopic (exact) mass is 514 g/mol. The molecule has 27 heavy (non-hydrogen) atoms. The molecule has 0 radical (unpaired) electrons. The van der Waals surface area contributed by atoms with Gasteiger partial charge in [0.15, 0.2) is 11.7 Å². The Morgan fingerprint density at radius 2 is 1.93 bits per heavy atom. The Balaban J connectivity index is 0.00000364. The molecule has 2 N–H and O–H groups in total. The zero-order valence-corrected chi connectivity index (χ0v) is 19.9. The van der Waals surface area contributed by atoms with E-state index >= 15 is 0 Å². The lowest BCUT2D eigenvalue weighted by Crippen LogP contribution is -2.43. The van der Waals surface area contributed by atoms with Crippen LogP contribution in [0.25, 0.3) is 0 Å². The Hall–Kier alpha value is -0.260. The van der Waals surface area contributed by atoms with Crippen LogP contribution < -0.4 is 10.6 Å². The average molecular weight is 514 g/mol. The smallest absolute Gasteiger partial charge is 0.243 e. The lowest BCUT2D eigenvalue weighted by Gasteiger charge is -2.26. The van der Waals surface area contributed by atoms with Crippen LogP contribution in [0.5, 0.6) is 0 Å². The van der Waals surface area contributed by atoms with E-state index in [-0.39, 0.29) is 48.3 Å². The zero-order chi connectivity index (χ0) is 18.8. The molecule has 1 amide bonds. The maximum absolute atomic E-state index is 11.8. The van der Waals surface area contributed by atoms with Crippen LogP contribution in [0.2, 0.25) is 0 Å². The van der Waals surface area contributed by atoms with E-state index in [9.17, 15) is 4.79 Å². The van der Waals surface area contributed by atoms with Crippen molar-refractivity contribution in [3.8, 4) is 0 Å². The van der Waals surface area contributed by atoms with Gasteiger partial charge in [0, 0.05) is 45.8 Å². The predicted octanol–water partition coefficient (Wildman–Crippen LogP) is 2.06. The minimum atomic E-state index is -0.368. The second-order valence-electron chi connectivity index (χ2n) is 7.13. The number of hydrogen-bond donors (Lipinski definition) is 2. The number of nitrogens with one attached hydrogen (secondary N) is 2. The Labute approximate surface area is 184 Å². The fraction of sp³-hybridized carbons (Fsp3) is 0.889. The third-order valence-electron chi connectivity index (χ3n) is 4.75. The molecule has 1 aliphatic carbocycles. The maximum Gasteiger partial charge on any atom is 0.243 e. The number of ether oxygens (including phenoxy) is 2. The summed E-state index contributed by atoms with van der Waals surface area (Å²) in [5.41, 5.74) is 0. The molecule has 1 aliphatic heterocycles. The highest BCUT2D eigenvalue weighted by atomic mass is 127. The SMILES string of the molecule is CSCCNC(=NCC(=O)N(C)C)NCC1COC2(CCCCCC2)O1.I. The Morgan fingerprint density at radius 3 is 2.56 bits per heavy atom. The van der Waals surface area contributed by atoms with Gasteiger partial charge in [-0.15, -0.1) is 24.0 Å². The molecule has 0 bridgehead atoms. The van der Waals surface area contributed by atoms with Crippen molar-refractivity contribution in [3.05, 3.63) is 0 Å². The number of carbonyl (C=O) groups excluding carboxylic acids is 1. The summed E-state index contributed by atoms with van der Waals surface area (Å²) in [7, 11) is 3.48. The van der Waals surface area contributed by atoms with Crippen LogP contribution >= 0.6 is 35.7 Å². The molecule has 2 aliphatic rings. The fourth-order valence-corrected chi connectivity index (χ4v) is 3.50. The first kappa shape index (κ1) is 24.8. The summed E-state index contributed by atoms with van der Waals surface area (Å²) < 4.78 is 12.3. The van der Waals surface area contributed by atoms with Gasteiger partial charge in [0.25, 0.3) is 0 Å². The van der Waals surface area contributed by atoms with E-state index in [1.54, 1.807) is 30.8 Å². The number of nitrogens with zero attached hydrogens (tertiary/aromatic N) is 2. The van der Waals surface area contributed by atoms with Crippen molar-refractivity contribution in [1.82, 2.24) is 15.5 Å². The summed E-state index contributed by atoms with van der Waals surface area (Å²) >= 11 is 1.77. The van der Waals surface area contributed by atoms with Crippen molar-refractivity contribution < 1.29 is 14.3 Å². The lowest BCUT2D eigenvalue weighted by molar-refractivity contribution is -0.175. The van der Waals surface area contributed by atoms with Crippen LogP contribution in [0.1, 0.15) is 38.5 Å². The minimum Gasteiger partial charge on any atom is -0.356 e. The molecule has 1 unspecified atom stereocenters. The molecule has 1 saturated heterocycles. The summed E-state index contributed by atoms with van der Waals surface area (Å²) in [6.07, 6.45) is 8.97. The normalized spacial score (nSPS) is 22.0. The van der Waals surface area contributed by atoms with Gasteiger partial charge in [-0.3, -0.25) is 4.79 Å². The zero-order valence-electron chi connectivity index (χ0n) is 16.8. The topological polar surface area (TPSA) is 75.2 Å². The third kappa shape index (κ3) is 8.74. The van der Waals surface area contributed by atoms with Gasteiger partial charge in [-0.2, -0.15) is 11.8 Å². The van der Waals surface area contributed by atoms with Crippen LogP contribution in [0.3, 0.4) is 0 Å².